The molecule has 0 bridgehead atoms. The normalized spacial score (nSPS) is 22.4. The van der Waals surface area contributed by atoms with E-state index in [-0.39, 0.29) is 24.1 Å². The molecule has 23 heavy (non-hydrogen) atoms. The summed E-state index contributed by atoms with van der Waals surface area (Å²) >= 11 is 0. The van der Waals surface area contributed by atoms with E-state index in [0.717, 1.165) is 24.9 Å². The lowest BCUT2D eigenvalue weighted by Crippen LogP contribution is -2.36. The van der Waals surface area contributed by atoms with Gasteiger partial charge in [0.2, 0.25) is 0 Å². The zero-order valence-corrected chi connectivity index (χ0v) is 13.7. The minimum Gasteiger partial charge on any atom is -0.463 e. The number of hydrogen-bond donors (Lipinski definition) is 1. The van der Waals surface area contributed by atoms with E-state index in [4.69, 9.17) is 15.2 Å². The Hall–Kier alpha value is -2.08. The first-order chi connectivity index (χ1) is 11.1. The molecule has 0 fully saturated rings. The lowest BCUT2D eigenvalue weighted by atomic mass is 9.79. The highest BCUT2D eigenvalue weighted by Gasteiger charge is 2.39. The summed E-state index contributed by atoms with van der Waals surface area (Å²) in [4.78, 5) is 18.4. The van der Waals surface area contributed by atoms with Crippen LogP contribution in [0.15, 0.2) is 23.2 Å². The van der Waals surface area contributed by atoms with Crippen LogP contribution in [0.2, 0.25) is 0 Å². The number of methoxy groups -OCH3 is 1. The smallest absolute Gasteiger partial charge is 0.282 e. The first-order valence-electron chi connectivity index (χ1n) is 7.96. The SMILES string of the molecule is CCN(C(=O)COC)c1ccc2c(c1)CC1(CC2)COC(N)=N1. The van der Waals surface area contributed by atoms with E-state index in [0.29, 0.717) is 13.2 Å². The molecule has 2 N–H and O–H groups in total. The summed E-state index contributed by atoms with van der Waals surface area (Å²) in [5, 5.41) is 0. The van der Waals surface area contributed by atoms with Crippen LogP contribution < -0.4 is 10.6 Å². The number of amides is 1. The first kappa shape index (κ1) is 15.8. The van der Waals surface area contributed by atoms with Crippen LogP contribution in [0.25, 0.3) is 0 Å². The van der Waals surface area contributed by atoms with Gasteiger partial charge in [-0.05, 0) is 43.0 Å². The van der Waals surface area contributed by atoms with Gasteiger partial charge in [0.15, 0.2) is 0 Å². The Bertz CT molecular complexity index is 644. The molecule has 2 aliphatic rings. The number of anilines is 1. The second-order valence-electron chi connectivity index (χ2n) is 6.16. The van der Waals surface area contributed by atoms with Crippen molar-refractivity contribution in [3.8, 4) is 0 Å². The van der Waals surface area contributed by atoms with Crippen molar-refractivity contribution in [3.63, 3.8) is 0 Å². The van der Waals surface area contributed by atoms with Crippen LogP contribution in [0.4, 0.5) is 5.69 Å². The van der Waals surface area contributed by atoms with Crippen molar-refractivity contribution in [2.24, 2.45) is 10.7 Å². The van der Waals surface area contributed by atoms with Gasteiger partial charge in [0.05, 0.1) is 0 Å². The van der Waals surface area contributed by atoms with Gasteiger partial charge in [0.25, 0.3) is 11.9 Å². The maximum Gasteiger partial charge on any atom is 0.282 e. The Morgan fingerprint density at radius 2 is 2.30 bits per heavy atom. The van der Waals surface area contributed by atoms with E-state index < -0.39 is 0 Å². The molecule has 0 aromatic heterocycles. The molecule has 6 nitrogen and oxygen atoms in total. The molecule has 0 saturated heterocycles. The van der Waals surface area contributed by atoms with Crippen molar-refractivity contribution in [1.82, 2.24) is 0 Å². The molecule has 1 unspecified atom stereocenters. The van der Waals surface area contributed by atoms with E-state index in [2.05, 4.69) is 17.1 Å². The highest BCUT2D eigenvalue weighted by molar-refractivity contribution is 5.94. The quantitative estimate of drug-likeness (QED) is 0.907. The summed E-state index contributed by atoms with van der Waals surface area (Å²) < 4.78 is 10.3. The molecule has 1 aromatic carbocycles. The Labute approximate surface area is 136 Å². The van der Waals surface area contributed by atoms with Crippen LogP contribution in [0.1, 0.15) is 24.5 Å². The van der Waals surface area contributed by atoms with Crippen molar-refractivity contribution in [1.29, 1.82) is 0 Å². The Morgan fingerprint density at radius 1 is 1.48 bits per heavy atom. The highest BCUT2D eigenvalue weighted by Crippen LogP contribution is 2.36. The third-order valence-electron chi connectivity index (χ3n) is 4.60. The first-order valence-corrected chi connectivity index (χ1v) is 7.96. The largest absolute Gasteiger partial charge is 0.463 e. The minimum absolute atomic E-state index is 0.0352. The number of carbonyl (C=O) groups excluding carboxylic acids is 1. The van der Waals surface area contributed by atoms with Gasteiger partial charge in [-0.3, -0.25) is 4.79 Å². The molecule has 1 aliphatic carbocycles. The minimum atomic E-state index is -0.233. The predicted molar refractivity (Wildman–Crippen MR) is 88.7 cm³/mol. The van der Waals surface area contributed by atoms with Crippen LogP contribution in [-0.4, -0.2) is 44.3 Å². The van der Waals surface area contributed by atoms with Crippen LogP contribution in [0, 0.1) is 0 Å². The molecule has 3 rings (SSSR count). The average molecular weight is 317 g/mol. The van der Waals surface area contributed by atoms with Crippen LogP contribution in [0.5, 0.6) is 0 Å². The number of fused-ring (bicyclic) bond motifs is 1. The predicted octanol–water partition coefficient (Wildman–Crippen LogP) is 1.26. The Kier molecular flexibility index (Phi) is 4.26. The monoisotopic (exact) mass is 317 g/mol. The van der Waals surface area contributed by atoms with Gasteiger partial charge in [-0.1, -0.05) is 6.07 Å². The number of amidine groups is 1. The summed E-state index contributed by atoms with van der Waals surface area (Å²) in [6.45, 7) is 3.21. The van der Waals surface area contributed by atoms with Crippen molar-refractivity contribution in [2.45, 2.75) is 31.7 Å². The van der Waals surface area contributed by atoms with Gasteiger partial charge in [-0.2, -0.15) is 0 Å². The topological polar surface area (TPSA) is 77.2 Å². The number of nitrogens with zero attached hydrogens (tertiary/aromatic N) is 2. The number of hydrogen-bond acceptors (Lipinski definition) is 5. The summed E-state index contributed by atoms with van der Waals surface area (Å²) in [6, 6.07) is 6.51. The zero-order valence-electron chi connectivity index (χ0n) is 13.7. The zero-order chi connectivity index (χ0) is 16.4. The van der Waals surface area contributed by atoms with Gasteiger partial charge in [0.1, 0.15) is 18.8 Å². The fraction of sp³-hybridized carbons (Fsp3) is 0.529. The molecule has 6 heteroatoms. The number of aryl methyl sites for hydroxylation is 1. The summed E-state index contributed by atoms with van der Waals surface area (Å²) in [5.74, 6) is -0.0352. The van der Waals surface area contributed by atoms with Crippen molar-refractivity contribution in [3.05, 3.63) is 29.3 Å². The lowest BCUT2D eigenvalue weighted by molar-refractivity contribution is -0.122. The van der Waals surface area contributed by atoms with Gasteiger partial charge >= 0.3 is 0 Å². The number of rotatable bonds is 4. The second kappa shape index (κ2) is 6.20. The van der Waals surface area contributed by atoms with Gasteiger partial charge in [0, 0.05) is 25.8 Å². The molecule has 1 aliphatic heterocycles. The van der Waals surface area contributed by atoms with Gasteiger partial charge in [-0.15, -0.1) is 0 Å². The van der Waals surface area contributed by atoms with Crippen LogP contribution in [0.3, 0.4) is 0 Å². The third-order valence-corrected chi connectivity index (χ3v) is 4.60. The van der Waals surface area contributed by atoms with E-state index in [1.165, 1.54) is 18.2 Å². The molecule has 1 heterocycles. The van der Waals surface area contributed by atoms with E-state index >= 15 is 0 Å². The molecule has 0 radical (unpaired) electrons. The maximum absolute atomic E-state index is 12.2. The summed E-state index contributed by atoms with van der Waals surface area (Å²) in [5.41, 5.74) is 8.90. The highest BCUT2D eigenvalue weighted by atomic mass is 16.5. The number of carbonyl (C=O) groups is 1. The van der Waals surface area contributed by atoms with Crippen LogP contribution >= 0.6 is 0 Å². The number of benzene rings is 1. The fourth-order valence-electron chi connectivity index (χ4n) is 3.43. The fourth-order valence-corrected chi connectivity index (χ4v) is 3.43. The Morgan fingerprint density at radius 3 is 2.96 bits per heavy atom. The van der Waals surface area contributed by atoms with Crippen molar-refractivity contribution in [2.75, 3.05) is 31.8 Å². The van der Waals surface area contributed by atoms with E-state index in [1.807, 2.05) is 13.0 Å². The van der Waals surface area contributed by atoms with E-state index in [1.54, 1.807) is 4.90 Å². The van der Waals surface area contributed by atoms with Gasteiger partial charge in [-0.25, -0.2) is 4.99 Å². The van der Waals surface area contributed by atoms with Gasteiger partial charge < -0.3 is 20.1 Å². The standard InChI is InChI=1S/C17H23N3O3/c1-3-20(15(21)10-22-2)14-5-4-12-6-7-17(9-13(12)8-14)11-23-16(18)19-17/h4-5,8H,3,6-7,9-11H2,1-2H3,(H2,18,19). The molecule has 1 atom stereocenters. The summed E-state index contributed by atoms with van der Waals surface area (Å²) in [6.07, 6.45) is 2.70. The van der Waals surface area contributed by atoms with Crippen molar-refractivity contribution >= 4 is 17.6 Å². The Balaban J connectivity index is 1.87. The van der Waals surface area contributed by atoms with E-state index in [9.17, 15) is 4.79 Å². The molecule has 0 saturated carbocycles. The number of ether oxygens (including phenoxy) is 2. The third kappa shape index (κ3) is 3.03. The van der Waals surface area contributed by atoms with Crippen molar-refractivity contribution < 1.29 is 14.3 Å². The molecular weight excluding hydrogens is 294 g/mol. The second-order valence-corrected chi connectivity index (χ2v) is 6.16. The van der Waals surface area contributed by atoms with Crippen LogP contribution in [-0.2, 0) is 27.1 Å². The maximum atomic E-state index is 12.2. The number of likely N-dealkylation sites (N-methyl/N-ethyl adjacent to an activating group) is 1. The summed E-state index contributed by atoms with van der Waals surface area (Å²) in [7, 11) is 1.53. The molecule has 1 aromatic rings. The number of aliphatic imine (C=N–C) groups is 1. The molecular formula is C17H23N3O3. The molecule has 1 amide bonds. The molecule has 1 spiro atoms. The number of nitrogens with two attached hydrogens (primary N) is 1. The lowest BCUT2D eigenvalue weighted by Gasteiger charge is -2.31. The average Bonchev–Trinajstić information content (AvgIpc) is 2.88. The molecule has 124 valence electrons.